The molecule has 2 aliphatic heterocycles. The highest BCUT2D eigenvalue weighted by atomic mass is 16.6. The summed E-state index contributed by atoms with van der Waals surface area (Å²) in [4.78, 5) is 24.5. The van der Waals surface area contributed by atoms with Gasteiger partial charge < -0.3 is 35.1 Å². The Morgan fingerprint density at radius 2 is 2.09 bits per heavy atom. The zero-order valence-electron chi connectivity index (χ0n) is 22.0. The zero-order valence-corrected chi connectivity index (χ0v) is 22.0. The second-order valence-corrected chi connectivity index (χ2v) is 9.90. The van der Waals surface area contributed by atoms with E-state index in [-0.39, 0.29) is 12.1 Å². The molecule has 1 aromatic heterocycles. The van der Waals surface area contributed by atoms with E-state index in [4.69, 9.17) is 19.9 Å². The van der Waals surface area contributed by atoms with E-state index >= 15 is 0 Å². The number of hydrogen-bond donors (Lipinski definition) is 2. The van der Waals surface area contributed by atoms with Gasteiger partial charge in [0.2, 0.25) is 0 Å². The van der Waals surface area contributed by atoms with E-state index in [1.807, 2.05) is 34.6 Å². The number of rotatable bonds is 7. The number of carbonyl (C=O) groups is 1. The zero-order chi connectivity index (χ0) is 25.3. The fourth-order valence-electron chi connectivity index (χ4n) is 4.06. The van der Waals surface area contributed by atoms with E-state index in [1.165, 1.54) is 12.8 Å². The maximum absolute atomic E-state index is 11.8. The molecular formula is C24H44N6O4. The van der Waals surface area contributed by atoms with E-state index in [0.29, 0.717) is 37.6 Å². The third-order valence-corrected chi connectivity index (χ3v) is 5.93. The van der Waals surface area contributed by atoms with Gasteiger partial charge in [0.1, 0.15) is 18.0 Å². The van der Waals surface area contributed by atoms with Crippen molar-refractivity contribution in [2.75, 3.05) is 52.7 Å². The number of methoxy groups -OCH3 is 1. The maximum atomic E-state index is 11.8. The Balaban J connectivity index is 0.000000249. The van der Waals surface area contributed by atoms with Gasteiger partial charge in [0.25, 0.3) is 0 Å². The molecule has 3 N–H and O–H groups in total. The lowest BCUT2D eigenvalue weighted by Gasteiger charge is -2.30. The first-order valence-electron chi connectivity index (χ1n) is 12.2. The predicted octanol–water partition coefficient (Wildman–Crippen LogP) is 2.46. The Morgan fingerprint density at radius 3 is 2.68 bits per heavy atom. The standard InChI is InChI=1S/C13H21N5O.C11H23NO3/c1-18-6-2-3-9(18)8-19-13-16-11-7-15-5-4-10(11)12(14)17-13;1-7-12(9(2)8-14-6)10(13)15-11(3,4)5/h9,15H,2-8H2,1H3,(H2,14,16,17);9H,7-8H2,1-6H3/t9-;/m0./s1. The molecule has 0 aliphatic carbocycles. The first-order chi connectivity index (χ1) is 16.1. The highest BCUT2D eigenvalue weighted by molar-refractivity contribution is 5.68. The highest BCUT2D eigenvalue weighted by Gasteiger charge is 2.25. The first kappa shape index (κ1) is 28.1. The summed E-state index contributed by atoms with van der Waals surface area (Å²) in [6.07, 6.45) is 3.03. The first-order valence-corrected chi connectivity index (χ1v) is 12.2. The van der Waals surface area contributed by atoms with Gasteiger partial charge in [0.15, 0.2) is 0 Å². The molecule has 2 atom stereocenters. The Labute approximate surface area is 204 Å². The SMILES string of the molecule is CCN(C(=O)OC(C)(C)C)C(C)COC.CN1CCC[C@H]1COc1nc(N)c2c(n1)CNCC2. The number of likely N-dealkylation sites (tertiary alicyclic amines) is 1. The molecule has 1 aromatic rings. The summed E-state index contributed by atoms with van der Waals surface area (Å²) in [6, 6.07) is 0.925. The van der Waals surface area contributed by atoms with Crippen LogP contribution >= 0.6 is 0 Å². The number of likely N-dealkylation sites (N-methyl/N-ethyl adjacent to an activating group) is 2. The molecule has 0 spiro atoms. The molecule has 0 radical (unpaired) electrons. The molecule has 1 amide bonds. The molecule has 1 unspecified atom stereocenters. The van der Waals surface area contributed by atoms with Crippen LogP contribution in [0, 0.1) is 0 Å². The van der Waals surface area contributed by atoms with E-state index in [9.17, 15) is 4.79 Å². The maximum Gasteiger partial charge on any atom is 0.410 e. The summed E-state index contributed by atoms with van der Waals surface area (Å²) in [5, 5.41) is 3.29. The van der Waals surface area contributed by atoms with Crippen molar-refractivity contribution in [2.45, 2.75) is 78.1 Å². The largest absolute Gasteiger partial charge is 0.462 e. The van der Waals surface area contributed by atoms with Crippen molar-refractivity contribution < 1.29 is 19.0 Å². The van der Waals surface area contributed by atoms with Gasteiger partial charge in [-0.25, -0.2) is 4.79 Å². The second kappa shape index (κ2) is 13.1. The Kier molecular flexibility index (Phi) is 10.8. The summed E-state index contributed by atoms with van der Waals surface area (Å²) in [7, 11) is 3.76. The number of nitrogen functional groups attached to an aromatic ring is 1. The number of amides is 1. The molecule has 34 heavy (non-hydrogen) atoms. The molecule has 0 aromatic carbocycles. The van der Waals surface area contributed by atoms with Crippen LogP contribution in [0.5, 0.6) is 6.01 Å². The molecule has 0 bridgehead atoms. The van der Waals surface area contributed by atoms with Crippen LogP contribution in [0.4, 0.5) is 10.6 Å². The van der Waals surface area contributed by atoms with Crippen molar-refractivity contribution >= 4 is 11.9 Å². The van der Waals surface area contributed by atoms with Gasteiger partial charge in [0, 0.05) is 31.8 Å². The van der Waals surface area contributed by atoms with E-state index in [1.54, 1.807) is 12.0 Å². The smallest absolute Gasteiger partial charge is 0.410 e. The molecule has 1 saturated heterocycles. The average molecular weight is 481 g/mol. The minimum Gasteiger partial charge on any atom is -0.462 e. The quantitative estimate of drug-likeness (QED) is 0.607. The summed E-state index contributed by atoms with van der Waals surface area (Å²) >= 11 is 0. The van der Waals surface area contributed by atoms with Crippen LogP contribution in [0.1, 0.15) is 58.7 Å². The molecule has 0 saturated carbocycles. The molecule has 3 heterocycles. The Morgan fingerprint density at radius 1 is 1.35 bits per heavy atom. The summed E-state index contributed by atoms with van der Waals surface area (Å²) in [6.45, 7) is 14.1. The van der Waals surface area contributed by atoms with Gasteiger partial charge in [-0.05, 0) is 74.0 Å². The Bertz CT molecular complexity index is 785. The normalized spacial score (nSPS) is 19.0. The summed E-state index contributed by atoms with van der Waals surface area (Å²) in [5.74, 6) is 0.571. The lowest BCUT2D eigenvalue weighted by atomic mass is 10.1. The van der Waals surface area contributed by atoms with Gasteiger partial charge in [-0.15, -0.1) is 0 Å². The van der Waals surface area contributed by atoms with Gasteiger partial charge in [-0.3, -0.25) is 0 Å². The van der Waals surface area contributed by atoms with E-state index in [2.05, 4.69) is 27.2 Å². The fraction of sp³-hybridized carbons (Fsp3) is 0.792. The van der Waals surface area contributed by atoms with Crippen molar-refractivity contribution in [1.82, 2.24) is 25.1 Å². The lowest BCUT2D eigenvalue weighted by molar-refractivity contribution is 0.00992. The average Bonchev–Trinajstić information content (AvgIpc) is 3.17. The van der Waals surface area contributed by atoms with Gasteiger partial charge in [-0.2, -0.15) is 9.97 Å². The Hall–Kier alpha value is -2.17. The fourth-order valence-corrected chi connectivity index (χ4v) is 4.06. The minimum atomic E-state index is -0.447. The second-order valence-electron chi connectivity index (χ2n) is 9.90. The van der Waals surface area contributed by atoms with Gasteiger partial charge in [-0.1, -0.05) is 0 Å². The number of fused-ring (bicyclic) bond motifs is 1. The van der Waals surface area contributed by atoms with Crippen LogP contribution in [0.2, 0.25) is 0 Å². The molecule has 10 heteroatoms. The molecule has 194 valence electrons. The number of nitrogens with zero attached hydrogens (tertiary/aromatic N) is 4. The number of nitrogens with two attached hydrogens (primary N) is 1. The number of ether oxygens (including phenoxy) is 3. The van der Waals surface area contributed by atoms with Crippen molar-refractivity contribution in [3.63, 3.8) is 0 Å². The van der Waals surface area contributed by atoms with Crippen molar-refractivity contribution in [3.05, 3.63) is 11.3 Å². The number of nitrogens with one attached hydrogen (secondary N) is 1. The number of anilines is 1. The van der Waals surface area contributed by atoms with Crippen LogP contribution in [0.3, 0.4) is 0 Å². The van der Waals surface area contributed by atoms with Crippen LogP contribution in [-0.4, -0.2) is 90.6 Å². The predicted molar refractivity (Wildman–Crippen MR) is 133 cm³/mol. The molecule has 3 rings (SSSR count). The molecule has 10 nitrogen and oxygen atoms in total. The van der Waals surface area contributed by atoms with Crippen LogP contribution in [0.25, 0.3) is 0 Å². The molecular weight excluding hydrogens is 436 g/mol. The topological polar surface area (TPSA) is 115 Å². The third kappa shape index (κ3) is 8.56. The van der Waals surface area contributed by atoms with Crippen LogP contribution in [-0.2, 0) is 22.4 Å². The summed E-state index contributed by atoms with van der Waals surface area (Å²) < 4.78 is 16.0. The van der Waals surface area contributed by atoms with Crippen LogP contribution < -0.4 is 15.8 Å². The molecule has 2 aliphatic rings. The van der Waals surface area contributed by atoms with Crippen molar-refractivity contribution in [1.29, 1.82) is 0 Å². The van der Waals surface area contributed by atoms with E-state index < -0.39 is 5.60 Å². The van der Waals surface area contributed by atoms with Gasteiger partial charge >= 0.3 is 12.1 Å². The van der Waals surface area contributed by atoms with Gasteiger partial charge in [0.05, 0.1) is 18.3 Å². The summed E-state index contributed by atoms with van der Waals surface area (Å²) in [5.41, 5.74) is 7.59. The molecule has 1 fully saturated rings. The number of aromatic nitrogens is 2. The third-order valence-electron chi connectivity index (χ3n) is 5.93. The monoisotopic (exact) mass is 480 g/mol. The lowest BCUT2D eigenvalue weighted by Crippen LogP contribution is -2.43. The van der Waals surface area contributed by atoms with Crippen molar-refractivity contribution in [2.24, 2.45) is 0 Å². The van der Waals surface area contributed by atoms with E-state index in [0.717, 1.165) is 37.3 Å². The number of carbonyl (C=O) groups excluding carboxylic acids is 1. The highest BCUT2D eigenvalue weighted by Crippen LogP contribution is 2.21. The van der Waals surface area contributed by atoms with Crippen LogP contribution in [0.15, 0.2) is 0 Å². The number of hydrogen-bond acceptors (Lipinski definition) is 9. The van der Waals surface area contributed by atoms with Crippen molar-refractivity contribution in [3.8, 4) is 6.01 Å². The minimum absolute atomic E-state index is 0.0369.